The number of hydrogen-bond donors (Lipinski definition) is 0. The molecule has 0 saturated carbocycles. The SMILES string of the molecule is COC(=O)C(C)(C)n1nc2c(Cc3ccc(F)cc3F)cc3c(n2c1=O)C(C)(C)CN3C(C)=O. The summed E-state index contributed by atoms with van der Waals surface area (Å²) < 4.78 is 35.3. The molecule has 0 bridgehead atoms. The summed E-state index contributed by atoms with van der Waals surface area (Å²) in [6.45, 7) is 8.60. The summed E-state index contributed by atoms with van der Waals surface area (Å²) in [5, 5.41) is 4.48. The number of aromatic nitrogens is 3. The highest BCUT2D eigenvalue weighted by Gasteiger charge is 2.42. The summed E-state index contributed by atoms with van der Waals surface area (Å²) >= 11 is 0. The maximum Gasteiger partial charge on any atom is 0.351 e. The van der Waals surface area contributed by atoms with Crippen LogP contribution in [0.2, 0.25) is 0 Å². The van der Waals surface area contributed by atoms with E-state index in [1.807, 2.05) is 13.8 Å². The average molecular weight is 472 g/mol. The Morgan fingerprint density at radius 1 is 1.18 bits per heavy atom. The highest BCUT2D eigenvalue weighted by molar-refractivity contribution is 5.95. The lowest BCUT2D eigenvalue weighted by atomic mass is 9.90. The number of anilines is 1. The second kappa shape index (κ2) is 7.75. The molecule has 3 heterocycles. The molecule has 1 amide bonds. The van der Waals surface area contributed by atoms with Gasteiger partial charge in [0.25, 0.3) is 0 Å². The minimum Gasteiger partial charge on any atom is -0.467 e. The minimum atomic E-state index is -1.42. The van der Waals surface area contributed by atoms with Crippen LogP contribution < -0.4 is 10.6 Å². The largest absolute Gasteiger partial charge is 0.467 e. The van der Waals surface area contributed by atoms with Gasteiger partial charge < -0.3 is 9.64 Å². The molecule has 180 valence electrons. The van der Waals surface area contributed by atoms with Crippen LogP contribution in [0.15, 0.2) is 29.1 Å². The lowest BCUT2D eigenvalue weighted by Crippen LogP contribution is -2.44. The second-order valence-corrected chi connectivity index (χ2v) is 9.71. The molecule has 3 aromatic rings. The number of fused-ring (bicyclic) bond motifs is 3. The summed E-state index contributed by atoms with van der Waals surface area (Å²) in [5.41, 5.74) is -0.658. The number of benzene rings is 1. The quantitative estimate of drug-likeness (QED) is 0.545. The third-order valence-electron chi connectivity index (χ3n) is 6.32. The fourth-order valence-corrected chi connectivity index (χ4v) is 4.58. The molecule has 1 aromatic carbocycles. The van der Waals surface area contributed by atoms with Gasteiger partial charge in [-0.15, -0.1) is 5.10 Å². The van der Waals surface area contributed by atoms with Crippen LogP contribution in [0.3, 0.4) is 0 Å². The van der Waals surface area contributed by atoms with Crippen molar-refractivity contribution in [3.8, 4) is 0 Å². The van der Waals surface area contributed by atoms with Gasteiger partial charge in [0.2, 0.25) is 5.91 Å². The molecule has 0 fully saturated rings. The number of nitrogens with zero attached hydrogens (tertiary/aromatic N) is 4. The molecule has 0 aliphatic carbocycles. The van der Waals surface area contributed by atoms with Crippen LogP contribution >= 0.6 is 0 Å². The van der Waals surface area contributed by atoms with Gasteiger partial charge in [-0.3, -0.25) is 4.79 Å². The molecule has 2 aromatic heterocycles. The lowest BCUT2D eigenvalue weighted by Gasteiger charge is -2.20. The summed E-state index contributed by atoms with van der Waals surface area (Å²) in [6, 6.07) is 4.98. The van der Waals surface area contributed by atoms with E-state index in [1.165, 1.54) is 38.3 Å². The summed E-state index contributed by atoms with van der Waals surface area (Å²) in [7, 11) is 1.22. The molecule has 0 saturated heterocycles. The van der Waals surface area contributed by atoms with E-state index in [0.29, 0.717) is 23.5 Å². The number of hydrogen-bond acceptors (Lipinski definition) is 5. The van der Waals surface area contributed by atoms with Gasteiger partial charge in [-0.05, 0) is 31.5 Å². The second-order valence-electron chi connectivity index (χ2n) is 9.71. The number of pyridine rings is 1. The maximum absolute atomic E-state index is 14.5. The zero-order chi connectivity index (χ0) is 25.2. The standard InChI is InChI=1S/C24H26F2N4O4/c1-13(31)28-12-23(2,3)19-18(28)10-15(9-14-7-8-16(25)11-17(14)26)20-27-30(22(33)29(19)20)24(4,5)21(32)34-6/h7-8,10-11H,9,12H2,1-6H3. The Morgan fingerprint density at radius 3 is 2.44 bits per heavy atom. The van der Waals surface area contributed by atoms with E-state index in [0.717, 1.165) is 16.8 Å². The van der Waals surface area contributed by atoms with Gasteiger partial charge in [-0.2, -0.15) is 4.68 Å². The molecule has 0 atom stereocenters. The summed E-state index contributed by atoms with van der Waals surface area (Å²) in [6.07, 6.45) is -0.00975. The number of halogens is 2. The van der Waals surface area contributed by atoms with Crippen molar-refractivity contribution in [3.05, 3.63) is 63.2 Å². The first-order chi connectivity index (χ1) is 15.8. The Bertz CT molecular complexity index is 1400. The Morgan fingerprint density at radius 2 is 1.85 bits per heavy atom. The van der Waals surface area contributed by atoms with Crippen molar-refractivity contribution < 1.29 is 23.1 Å². The first kappa shape index (κ1) is 23.6. The zero-order valence-corrected chi connectivity index (χ0v) is 19.9. The molecule has 0 N–H and O–H groups in total. The van der Waals surface area contributed by atoms with Crippen LogP contribution in [0, 0.1) is 11.6 Å². The van der Waals surface area contributed by atoms with E-state index in [-0.39, 0.29) is 23.5 Å². The van der Waals surface area contributed by atoms with E-state index in [4.69, 9.17) is 4.74 Å². The van der Waals surface area contributed by atoms with Crippen molar-refractivity contribution in [2.45, 2.75) is 52.0 Å². The van der Waals surface area contributed by atoms with Crippen LogP contribution in [-0.4, -0.2) is 39.7 Å². The minimum absolute atomic E-state index is 0.00975. The van der Waals surface area contributed by atoms with E-state index in [9.17, 15) is 23.2 Å². The molecule has 10 heteroatoms. The van der Waals surface area contributed by atoms with Crippen molar-refractivity contribution in [1.29, 1.82) is 0 Å². The molecule has 8 nitrogen and oxygen atoms in total. The van der Waals surface area contributed by atoms with E-state index >= 15 is 0 Å². The van der Waals surface area contributed by atoms with E-state index in [2.05, 4.69) is 5.10 Å². The van der Waals surface area contributed by atoms with Crippen molar-refractivity contribution in [2.75, 3.05) is 18.6 Å². The zero-order valence-electron chi connectivity index (χ0n) is 19.9. The van der Waals surface area contributed by atoms with Crippen molar-refractivity contribution in [1.82, 2.24) is 14.2 Å². The third kappa shape index (κ3) is 3.48. The number of amides is 1. The molecule has 0 radical (unpaired) electrons. The Labute approximate surface area is 194 Å². The van der Waals surface area contributed by atoms with Crippen LogP contribution in [0.25, 0.3) is 5.65 Å². The molecule has 1 aliphatic heterocycles. The predicted molar refractivity (Wildman–Crippen MR) is 121 cm³/mol. The van der Waals surface area contributed by atoms with Crippen molar-refractivity contribution >= 4 is 23.2 Å². The fourth-order valence-electron chi connectivity index (χ4n) is 4.58. The van der Waals surface area contributed by atoms with Gasteiger partial charge >= 0.3 is 11.7 Å². The van der Waals surface area contributed by atoms with Gasteiger partial charge in [0.15, 0.2) is 11.2 Å². The summed E-state index contributed by atoms with van der Waals surface area (Å²) in [5.74, 6) is -2.31. The number of esters is 1. The highest BCUT2D eigenvalue weighted by atomic mass is 19.1. The Hall–Kier alpha value is -3.56. The molecule has 1 aliphatic rings. The number of carbonyl (C=O) groups is 2. The maximum atomic E-state index is 14.5. The Kier molecular flexibility index (Phi) is 5.38. The first-order valence-corrected chi connectivity index (χ1v) is 10.8. The molecular weight excluding hydrogens is 446 g/mol. The molecule has 34 heavy (non-hydrogen) atoms. The molecular formula is C24H26F2N4O4. The number of carbonyl (C=O) groups excluding carboxylic acids is 2. The van der Waals surface area contributed by atoms with Gasteiger partial charge in [-0.1, -0.05) is 19.9 Å². The van der Waals surface area contributed by atoms with Gasteiger partial charge in [-0.25, -0.2) is 22.8 Å². The molecule has 4 rings (SSSR count). The normalized spacial score (nSPS) is 15.0. The predicted octanol–water partition coefficient (Wildman–Crippen LogP) is 2.92. The highest BCUT2D eigenvalue weighted by Crippen LogP contribution is 2.42. The van der Waals surface area contributed by atoms with Crippen LogP contribution in [-0.2, 0) is 31.7 Å². The van der Waals surface area contributed by atoms with Gasteiger partial charge in [0.1, 0.15) is 11.6 Å². The summed E-state index contributed by atoms with van der Waals surface area (Å²) in [4.78, 5) is 40.1. The van der Waals surface area contributed by atoms with E-state index in [1.54, 1.807) is 11.0 Å². The van der Waals surface area contributed by atoms with Crippen LogP contribution in [0.4, 0.5) is 14.5 Å². The van der Waals surface area contributed by atoms with Crippen LogP contribution in [0.5, 0.6) is 0 Å². The molecule has 0 spiro atoms. The monoisotopic (exact) mass is 472 g/mol. The Balaban J connectivity index is 2.07. The van der Waals surface area contributed by atoms with Crippen LogP contribution in [0.1, 0.15) is 51.4 Å². The number of rotatable bonds is 4. The topological polar surface area (TPSA) is 85.9 Å². The van der Waals surface area contributed by atoms with Crippen molar-refractivity contribution in [2.24, 2.45) is 0 Å². The number of ether oxygens (including phenoxy) is 1. The molecule has 0 unspecified atom stereocenters. The van der Waals surface area contributed by atoms with Gasteiger partial charge in [0.05, 0.1) is 18.5 Å². The fraction of sp³-hybridized carbons (Fsp3) is 0.417. The third-order valence-corrected chi connectivity index (χ3v) is 6.32. The first-order valence-electron chi connectivity index (χ1n) is 10.8. The smallest absolute Gasteiger partial charge is 0.351 e. The lowest BCUT2D eigenvalue weighted by molar-refractivity contribution is -0.150. The average Bonchev–Trinajstić information content (AvgIpc) is 3.23. The van der Waals surface area contributed by atoms with E-state index < -0.39 is 34.2 Å². The number of methoxy groups -OCH3 is 1. The van der Waals surface area contributed by atoms with Gasteiger partial charge in [0, 0.05) is 36.9 Å². The van der Waals surface area contributed by atoms with Crippen molar-refractivity contribution in [3.63, 3.8) is 0 Å².